The van der Waals surface area contributed by atoms with Crippen molar-refractivity contribution in [2.75, 3.05) is 11.9 Å². The number of carbonyl (C=O) groups is 2. The fraction of sp³-hybridized carbons (Fsp3) is 0.500. The van der Waals surface area contributed by atoms with Crippen molar-refractivity contribution in [1.82, 2.24) is 0 Å². The lowest BCUT2D eigenvalue weighted by atomic mass is 9.85. The molecule has 1 aliphatic rings. The topological polar surface area (TPSA) is 75.6 Å². The molecule has 2 unspecified atom stereocenters. The number of benzene rings is 1. The smallest absolute Gasteiger partial charge is 0.313 e. The van der Waals surface area contributed by atoms with Crippen LogP contribution < -0.4 is 5.32 Å². The van der Waals surface area contributed by atoms with Crippen molar-refractivity contribution < 1.29 is 19.4 Å². The summed E-state index contributed by atoms with van der Waals surface area (Å²) in [5.41, 5.74) is 0.386. The van der Waals surface area contributed by atoms with Crippen LogP contribution in [-0.2, 0) is 19.7 Å². The Bertz CT molecular complexity index is 536. The number of anilines is 1. The molecule has 1 saturated heterocycles. The second-order valence-electron chi connectivity index (χ2n) is 6.05. The molecule has 2 rings (SSSR count). The van der Waals surface area contributed by atoms with Gasteiger partial charge >= 0.3 is 5.97 Å². The Morgan fingerprint density at radius 1 is 1.29 bits per heavy atom. The van der Waals surface area contributed by atoms with Crippen LogP contribution in [0, 0.1) is 5.92 Å². The van der Waals surface area contributed by atoms with Crippen LogP contribution >= 0.6 is 0 Å². The first-order chi connectivity index (χ1) is 9.82. The normalized spacial score (nSPS) is 22.0. The number of carboxylic acids is 1. The monoisotopic (exact) mass is 291 g/mol. The summed E-state index contributed by atoms with van der Waals surface area (Å²) in [4.78, 5) is 23.3. The van der Waals surface area contributed by atoms with E-state index in [9.17, 15) is 14.7 Å². The number of ether oxygens (including phenoxy) is 1. The fourth-order valence-corrected chi connectivity index (χ4v) is 2.34. The standard InChI is InChI=1S/C16H21NO4/c1-10-8-9-21-13(10)14(18)17-12-6-4-11(5-7-12)16(2,3)15(19)20/h4-7,10,13H,8-9H2,1-3H3,(H,17,18)(H,19,20). The average Bonchev–Trinajstić information content (AvgIpc) is 2.85. The number of amides is 1. The lowest BCUT2D eigenvalue weighted by Crippen LogP contribution is -2.31. The van der Waals surface area contributed by atoms with E-state index in [1.807, 2.05) is 6.92 Å². The second-order valence-corrected chi connectivity index (χ2v) is 6.05. The minimum Gasteiger partial charge on any atom is -0.481 e. The van der Waals surface area contributed by atoms with Crippen LogP contribution in [-0.4, -0.2) is 29.7 Å². The van der Waals surface area contributed by atoms with Crippen molar-refractivity contribution in [2.24, 2.45) is 5.92 Å². The third-order valence-corrected chi connectivity index (χ3v) is 4.05. The molecule has 21 heavy (non-hydrogen) atoms. The van der Waals surface area contributed by atoms with Crippen LogP contribution in [0.5, 0.6) is 0 Å². The van der Waals surface area contributed by atoms with Gasteiger partial charge in [-0.3, -0.25) is 9.59 Å². The van der Waals surface area contributed by atoms with Gasteiger partial charge in [0.1, 0.15) is 6.10 Å². The van der Waals surface area contributed by atoms with E-state index in [2.05, 4.69) is 5.32 Å². The molecule has 5 nitrogen and oxygen atoms in total. The molecule has 2 N–H and O–H groups in total. The fourth-order valence-electron chi connectivity index (χ4n) is 2.34. The predicted octanol–water partition coefficient (Wildman–Crippen LogP) is 2.41. The zero-order chi connectivity index (χ0) is 15.6. The molecule has 1 heterocycles. The average molecular weight is 291 g/mol. The maximum absolute atomic E-state index is 12.1. The number of rotatable bonds is 4. The third-order valence-electron chi connectivity index (χ3n) is 4.05. The predicted molar refractivity (Wildman–Crippen MR) is 79.3 cm³/mol. The Labute approximate surface area is 124 Å². The van der Waals surface area contributed by atoms with Crippen LogP contribution in [0.25, 0.3) is 0 Å². The van der Waals surface area contributed by atoms with Crippen LogP contribution in [0.15, 0.2) is 24.3 Å². The van der Waals surface area contributed by atoms with Crippen LogP contribution in [0.2, 0.25) is 0 Å². The van der Waals surface area contributed by atoms with Gasteiger partial charge in [-0.2, -0.15) is 0 Å². The van der Waals surface area contributed by atoms with Gasteiger partial charge in [-0.25, -0.2) is 0 Å². The number of hydrogen-bond acceptors (Lipinski definition) is 3. The molecule has 1 aromatic carbocycles. The van der Waals surface area contributed by atoms with Crippen molar-refractivity contribution >= 4 is 17.6 Å². The van der Waals surface area contributed by atoms with Gasteiger partial charge in [0, 0.05) is 12.3 Å². The largest absolute Gasteiger partial charge is 0.481 e. The SMILES string of the molecule is CC1CCOC1C(=O)Nc1ccc(C(C)(C)C(=O)O)cc1. The summed E-state index contributed by atoms with van der Waals surface area (Å²) in [7, 11) is 0. The molecule has 0 saturated carbocycles. The van der Waals surface area contributed by atoms with Gasteiger partial charge < -0.3 is 15.2 Å². The van der Waals surface area contributed by atoms with Gasteiger partial charge in [0.05, 0.1) is 5.41 Å². The van der Waals surface area contributed by atoms with Crippen molar-refractivity contribution in [1.29, 1.82) is 0 Å². The first-order valence-electron chi connectivity index (χ1n) is 7.09. The number of aliphatic carboxylic acids is 1. The highest BCUT2D eigenvalue weighted by molar-refractivity contribution is 5.94. The first-order valence-corrected chi connectivity index (χ1v) is 7.09. The molecular formula is C16H21NO4. The Morgan fingerprint density at radius 2 is 1.90 bits per heavy atom. The highest BCUT2D eigenvalue weighted by atomic mass is 16.5. The molecule has 1 fully saturated rings. The summed E-state index contributed by atoms with van der Waals surface area (Å²) in [6.45, 7) is 5.91. The van der Waals surface area contributed by atoms with Gasteiger partial charge in [0.25, 0.3) is 5.91 Å². The van der Waals surface area contributed by atoms with Crippen LogP contribution in [0.1, 0.15) is 32.8 Å². The van der Waals surface area contributed by atoms with E-state index in [1.54, 1.807) is 38.1 Å². The highest BCUT2D eigenvalue weighted by Gasteiger charge is 2.31. The second kappa shape index (κ2) is 5.85. The molecule has 0 spiro atoms. The van der Waals surface area contributed by atoms with E-state index in [4.69, 9.17) is 4.74 Å². The lowest BCUT2D eigenvalue weighted by molar-refractivity contribution is -0.142. The molecule has 1 amide bonds. The summed E-state index contributed by atoms with van der Waals surface area (Å²) in [5, 5.41) is 12.0. The summed E-state index contributed by atoms with van der Waals surface area (Å²) in [5.74, 6) is -0.812. The lowest BCUT2D eigenvalue weighted by Gasteiger charge is -2.20. The zero-order valence-electron chi connectivity index (χ0n) is 12.6. The number of carboxylic acid groups (broad SMARTS) is 1. The van der Waals surface area contributed by atoms with Crippen molar-refractivity contribution in [3.8, 4) is 0 Å². The quantitative estimate of drug-likeness (QED) is 0.893. The minimum atomic E-state index is -0.953. The van der Waals surface area contributed by atoms with Gasteiger partial charge in [-0.05, 0) is 43.9 Å². The number of nitrogens with one attached hydrogen (secondary N) is 1. The van der Waals surface area contributed by atoms with Crippen molar-refractivity contribution in [2.45, 2.75) is 38.7 Å². The molecule has 5 heteroatoms. The Hall–Kier alpha value is -1.88. The first kappa shape index (κ1) is 15.5. The van der Waals surface area contributed by atoms with Gasteiger partial charge in [0.2, 0.25) is 0 Å². The van der Waals surface area contributed by atoms with E-state index in [0.717, 1.165) is 6.42 Å². The maximum atomic E-state index is 12.1. The Kier molecular flexibility index (Phi) is 4.32. The molecule has 1 aromatic rings. The third kappa shape index (κ3) is 3.24. The van der Waals surface area contributed by atoms with E-state index in [-0.39, 0.29) is 11.8 Å². The molecule has 114 valence electrons. The van der Waals surface area contributed by atoms with E-state index < -0.39 is 17.5 Å². The molecule has 1 aliphatic heterocycles. The van der Waals surface area contributed by atoms with Gasteiger partial charge in [-0.1, -0.05) is 19.1 Å². The van der Waals surface area contributed by atoms with Crippen LogP contribution in [0.3, 0.4) is 0 Å². The van der Waals surface area contributed by atoms with Gasteiger partial charge in [0.15, 0.2) is 0 Å². The molecular weight excluding hydrogens is 270 g/mol. The summed E-state index contributed by atoms with van der Waals surface area (Å²) in [6.07, 6.45) is 0.490. The van der Waals surface area contributed by atoms with Gasteiger partial charge in [-0.15, -0.1) is 0 Å². The molecule has 0 radical (unpaired) electrons. The minimum absolute atomic E-state index is 0.148. The van der Waals surface area contributed by atoms with E-state index >= 15 is 0 Å². The summed E-state index contributed by atoms with van der Waals surface area (Å²) >= 11 is 0. The maximum Gasteiger partial charge on any atom is 0.313 e. The highest BCUT2D eigenvalue weighted by Crippen LogP contribution is 2.26. The zero-order valence-corrected chi connectivity index (χ0v) is 12.6. The summed E-state index contributed by atoms with van der Waals surface area (Å²) < 4.78 is 5.42. The molecule has 0 aromatic heterocycles. The molecule has 0 bridgehead atoms. The van der Waals surface area contributed by atoms with Crippen LogP contribution in [0.4, 0.5) is 5.69 Å². The van der Waals surface area contributed by atoms with Crippen molar-refractivity contribution in [3.63, 3.8) is 0 Å². The van der Waals surface area contributed by atoms with Crippen molar-refractivity contribution in [3.05, 3.63) is 29.8 Å². The van der Waals surface area contributed by atoms with E-state index in [0.29, 0.717) is 17.9 Å². The van der Waals surface area contributed by atoms with E-state index in [1.165, 1.54) is 0 Å². The molecule has 0 aliphatic carbocycles. The number of hydrogen-bond donors (Lipinski definition) is 2. The Balaban J connectivity index is 2.06. The summed E-state index contributed by atoms with van der Waals surface area (Å²) in [6, 6.07) is 6.89. The Morgan fingerprint density at radius 3 is 2.38 bits per heavy atom. The number of carbonyl (C=O) groups excluding carboxylic acids is 1. The molecule has 2 atom stereocenters.